The molecule has 21 heavy (non-hydrogen) atoms. The SMILES string of the molecule is NC(=O)C(CC1Oc2cc(F)ccc2NC1=O)NC(=O)O. The van der Waals surface area contributed by atoms with Crippen LogP contribution < -0.4 is 21.1 Å². The zero-order valence-corrected chi connectivity index (χ0v) is 10.6. The van der Waals surface area contributed by atoms with Crippen LogP contribution in [0.3, 0.4) is 0 Å². The second-order valence-electron chi connectivity index (χ2n) is 4.38. The van der Waals surface area contributed by atoms with Crippen molar-refractivity contribution in [2.24, 2.45) is 5.73 Å². The van der Waals surface area contributed by atoms with Gasteiger partial charge in [0.05, 0.1) is 5.69 Å². The van der Waals surface area contributed by atoms with Crippen molar-refractivity contribution in [1.82, 2.24) is 5.32 Å². The third kappa shape index (κ3) is 3.38. The fourth-order valence-corrected chi connectivity index (χ4v) is 1.88. The van der Waals surface area contributed by atoms with Gasteiger partial charge in [0.15, 0.2) is 6.10 Å². The Morgan fingerprint density at radius 3 is 2.86 bits per heavy atom. The van der Waals surface area contributed by atoms with Crippen LogP contribution in [0.2, 0.25) is 0 Å². The molecule has 0 spiro atoms. The molecule has 0 radical (unpaired) electrons. The summed E-state index contributed by atoms with van der Waals surface area (Å²) in [7, 11) is 0. The monoisotopic (exact) mass is 297 g/mol. The molecule has 2 unspecified atom stereocenters. The molecule has 0 saturated heterocycles. The number of ether oxygens (including phenoxy) is 1. The van der Waals surface area contributed by atoms with Gasteiger partial charge in [-0.25, -0.2) is 9.18 Å². The third-order valence-electron chi connectivity index (χ3n) is 2.85. The average Bonchev–Trinajstić information content (AvgIpc) is 2.38. The van der Waals surface area contributed by atoms with Gasteiger partial charge in [-0.2, -0.15) is 0 Å². The van der Waals surface area contributed by atoms with Crippen LogP contribution in [0.25, 0.3) is 0 Å². The molecule has 1 heterocycles. The first-order valence-corrected chi connectivity index (χ1v) is 5.92. The number of carboxylic acid groups (broad SMARTS) is 1. The van der Waals surface area contributed by atoms with E-state index >= 15 is 0 Å². The Morgan fingerprint density at radius 1 is 1.52 bits per heavy atom. The van der Waals surface area contributed by atoms with E-state index in [-0.39, 0.29) is 12.2 Å². The Bertz CT molecular complexity index is 607. The molecule has 1 aliphatic rings. The van der Waals surface area contributed by atoms with Crippen molar-refractivity contribution in [1.29, 1.82) is 0 Å². The van der Waals surface area contributed by atoms with Crippen LogP contribution in [0.4, 0.5) is 14.9 Å². The van der Waals surface area contributed by atoms with Crippen LogP contribution in [-0.2, 0) is 9.59 Å². The van der Waals surface area contributed by atoms with Crippen molar-refractivity contribution in [2.75, 3.05) is 5.32 Å². The van der Waals surface area contributed by atoms with Crippen LogP contribution in [0.5, 0.6) is 5.75 Å². The minimum Gasteiger partial charge on any atom is -0.478 e. The van der Waals surface area contributed by atoms with E-state index in [1.165, 1.54) is 6.07 Å². The lowest BCUT2D eigenvalue weighted by molar-refractivity contribution is -0.125. The molecule has 1 aliphatic heterocycles. The smallest absolute Gasteiger partial charge is 0.405 e. The maximum atomic E-state index is 13.1. The highest BCUT2D eigenvalue weighted by molar-refractivity contribution is 5.98. The van der Waals surface area contributed by atoms with Gasteiger partial charge in [-0.3, -0.25) is 9.59 Å². The summed E-state index contributed by atoms with van der Waals surface area (Å²) < 4.78 is 18.4. The molecule has 2 atom stereocenters. The molecule has 5 N–H and O–H groups in total. The molecule has 0 aliphatic carbocycles. The summed E-state index contributed by atoms with van der Waals surface area (Å²) in [5.74, 6) is -1.98. The van der Waals surface area contributed by atoms with Crippen LogP contribution in [-0.4, -0.2) is 35.2 Å². The average molecular weight is 297 g/mol. The summed E-state index contributed by atoms with van der Waals surface area (Å²) in [6.45, 7) is 0. The molecule has 1 aromatic carbocycles. The summed E-state index contributed by atoms with van der Waals surface area (Å²) in [5.41, 5.74) is 5.35. The number of fused-ring (bicyclic) bond motifs is 1. The quantitative estimate of drug-likeness (QED) is 0.623. The lowest BCUT2D eigenvalue weighted by Gasteiger charge is -2.27. The number of halogens is 1. The van der Waals surface area contributed by atoms with E-state index in [0.717, 1.165) is 12.1 Å². The van der Waals surface area contributed by atoms with Crippen molar-refractivity contribution in [3.05, 3.63) is 24.0 Å². The number of carbonyl (C=O) groups excluding carboxylic acids is 2. The number of benzene rings is 1. The molecular weight excluding hydrogens is 285 g/mol. The number of carbonyl (C=O) groups is 3. The van der Waals surface area contributed by atoms with Gasteiger partial charge in [-0.05, 0) is 12.1 Å². The number of hydrogen-bond acceptors (Lipinski definition) is 4. The second-order valence-corrected chi connectivity index (χ2v) is 4.38. The minimum atomic E-state index is -1.46. The fraction of sp³-hybridized carbons (Fsp3) is 0.250. The Labute approximate surface area is 118 Å². The number of primary amides is 1. The van der Waals surface area contributed by atoms with Gasteiger partial charge in [-0.1, -0.05) is 0 Å². The normalized spacial score (nSPS) is 18.0. The summed E-state index contributed by atoms with van der Waals surface area (Å²) in [5, 5.41) is 13.0. The molecule has 3 amide bonds. The van der Waals surface area contributed by atoms with E-state index in [4.69, 9.17) is 15.6 Å². The number of amides is 3. The van der Waals surface area contributed by atoms with Crippen LogP contribution in [0, 0.1) is 5.82 Å². The first-order chi connectivity index (χ1) is 9.86. The van der Waals surface area contributed by atoms with Gasteiger partial charge in [0.2, 0.25) is 5.91 Å². The number of nitrogens with one attached hydrogen (secondary N) is 2. The number of hydrogen-bond donors (Lipinski definition) is 4. The van der Waals surface area contributed by atoms with E-state index < -0.39 is 35.9 Å². The zero-order chi connectivity index (χ0) is 15.6. The largest absolute Gasteiger partial charge is 0.478 e. The van der Waals surface area contributed by atoms with Crippen LogP contribution in [0.15, 0.2) is 18.2 Å². The highest BCUT2D eigenvalue weighted by Gasteiger charge is 2.32. The maximum Gasteiger partial charge on any atom is 0.405 e. The van der Waals surface area contributed by atoms with Crippen molar-refractivity contribution in [2.45, 2.75) is 18.6 Å². The lowest BCUT2D eigenvalue weighted by atomic mass is 10.1. The highest BCUT2D eigenvalue weighted by Crippen LogP contribution is 2.31. The predicted octanol–water partition coefficient (Wildman–Crippen LogP) is 0.0368. The Hall–Kier alpha value is -2.84. The molecule has 8 nitrogen and oxygen atoms in total. The first kappa shape index (κ1) is 14.6. The summed E-state index contributed by atoms with van der Waals surface area (Å²) >= 11 is 0. The van der Waals surface area contributed by atoms with Gasteiger partial charge in [0.1, 0.15) is 17.6 Å². The minimum absolute atomic E-state index is 0.0955. The van der Waals surface area contributed by atoms with Crippen LogP contribution >= 0.6 is 0 Å². The number of anilines is 1. The topological polar surface area (TPSA) is 131 Å². The summed E-state index contributed by atoms with van der Waals surface area (Å²) in [6, 6.07) is 2.26. The van der Waals surface area contributed by atoms with Crippen molar-refractivity contribution < 1.29 is 28.6 Å². The second kappa shape index (κ2) is 5.65. The Morgan fingerprint density at radius 2 is 2.24 bits per heavy atom. The fourth-order valence-electron chi connectivity index (χ4n) is 1.88. The molecule has 1 aromatic rings. The molecule has 9 heteroatoms. The lowest BCUT2D eigenvalue weighted by Crippen LogP contribution is -2.49. The molecule has 0 saturated carbocycles. The third-order valence-corrected chi connectivity index (χ3v) is 2.85. The summed E-state index contributed by atoms with van der Waals surface area (Å²) in [6.07, 6.45) is -2.92. The zero-order valence-electron chi connectivity index (χ0n) is 10.6. The van der Waals surface area contributed by atoms with E-state index in [1.54, 1.807) is 0 Å². The molecule has 2 rings (SSSR count). The van der Waals surface area contributed by atoms with E-state index in [9.17, 15) is 18.8 Å². The Balaban J connectivity index is 2.15. The highest BCUT2D eigenvalue weighted by atomic mass is 19.1. The van der Waals surface area contributed by atoms with Crippen molar-refractivity contribution >= 4 is 23.6 Å². The van der Waals surface area contributed by atoms with Gasteiger partial charge in [0, 0.05) is 12.5 Å². The summed E-state index contributed by atoms with van der Waals surface area (Å²) in [4.78, 5) is 33.6. The molecule has 0 aromatic heterocycles. The van der Waals surface area contributed by atoms with Gasteiger partial charge in [0.25, 0.3) is 5.91 Å². The molecular formula is C12H12FN3O5. The standard InChI is InChI=1S/C12H12FN3O5/c13-5-1-2-6-8(3-5)21-9(11(18)15-6)4-7(10(14)17)16-12(19)20/h1-3,7,9,16H,4H2,(H2,14,17)(H,15,18)(H,19,20). The number of rotatable bonds is 4. The van der Waals surface area contributed by atoms with Gasteiger partial charge < -0.3 is 26.2 Å². The molecule has 0 fully saturated rings. The molecule has 0 bridgehead atoms. The van der Waals surface area contributed by atoms with Crippen molar-refractivity contribution in [3.8, 4) is 5.75 Å². The van der Waals surface area contributed by atoms with Gasteiger partial charge >= 0.3 is 6.09 Å². The van der Waals surface area contributed by atoms with E-state index in [0.29, 0.717) is 5.69 Å². The maximum absolute atomic E-state index is 13.1. The molecule has 112 valence electrons. The first-order valence-electron chi connectivity index (χ1n) is 5.92. The predicted molar refractivity (Wildman–Crippen MR) is 68.2 cm³/mol. The van der Waals surface area contributed by atoms with E-state index in [1.807, 2.05) is 5.32 Å². The van der Waals surface area contributed by atoms with Crippen LogP contribution in [0.1, 0.15) is 6.42 Å². The van der Waals surface area contributed by atoms with Gasteiger partial charge in [-0.15, -0.1) is 0 Å². The number of nitrogens with two attached hydrogens (primary N) is 1. The van der Waals surface area contributed by atoms with E-state index in [2.05, 4.69) is 5.32 Å². The Kier molecular flexibility index (Phi) is 3.92. The van der Waals surface area contributed by atoms with Crippen molar-refractivity contribution in [3.63, 3.8) is 0 Å².